The third kappa shape index (κ3) is 5.86. The van der Waals surface area contributed by atoms with Crippen LogP contribution in [0.5, 0.6) is 17.2 Å². The molecule has 0 spiro atoms. The monoisotopic (exact) mass is 501 g/mol. The normalized spacial score (nSPS) is 18.2. The topological polar surface area (TPSA) is 70.4 Å². The van der Waals surface area contributed by atoms with Crippen LogP contribution in [-0.2, 0) is 12.8 Å². The molecule has 5 rings (SSSR count). The van der Waals surface area contributed by atoms with Gasteiger partial charge in [-0.2, -0.15) is 0 Å². The summed E-state index contributed by atoms with van der Waals surface area (Å²) in [7, 11) is 0. The molecule has 3 N–H and O–H groups in total. The Hall–Kier alpha value is -3.22. The molecule has 37 heavy (non-hydrogen) atoms. The largest absolute Gasteiger partial charge is 0.508 e. The Balaban J connectivity index is 1.15. The lowest BCUT2D eigenvalue weighted by molar-refractivity contribution is 0.145. The van der Waals surface area contributed by atoms with Crippen LogP contribution < -0.4 is 4.90 Å². The Labute approximate surface area is 220 Å². The first-order valence-corrected chi connectivity index (χ1v) is 13.7. The van der Waals surface area contributed by atoms with E-state index in [4.69, 9.17) is 0 Å². The summed E-state index contributed by atoms with van der Waals surface area (Å²) in [4.78, 5) is 7.55. The average molecular weight is 502 g/mol. The second kappa shape index (κ2) is 11.4. The molecule has 1 fully saturated rings. The molecule has 1 atom stereocenters. The first-order valence-electron chi connectivity index (χ1n) is 13.7. The fourth-order valence-corrected chi connectivity index (χ4v) is 5.95. The average Bonchev–Trinajstić information content (AvgIpc) is 2.91. The summed E-state index contributed by atoms with van der Waals surface area (Å²) in [6.45, 7) is 9.37. The summed E-state index contributed by atoms with van der Waals surface area (Å²) in [6, 6.07) is 19.3. The lowest BCUT2D eigenvalue weighted by atomic mass is 9.87. The smallest absolute Gasteiger partial charge is 0.125 e. The zero-order chi connectivity index (χ0) is 25.8. The zero-order valence-corrected chi connectivity index (χ0v) is 21.8. The number of para-hydroxylation sites is 1. The highest BCUT2D eigenvalue weighted by Crippen LogP contribution is 2.37. The Bertz CT molecular complexity index is 1210. The van der Waals surface area contributed by atoms with Gasteiger partial charge in [-0.3, -0.25) is 9.80 Å². The molecule has 196 valence electrons. The van der Waals surface area contributed by atoms with Crippen molar-refractivity contribution < 1.29 is 15.3 Å². The number of anilines is 1. The minimum Gasteiger partial charge on any atom is -0.508 e. The van der Waals surface area contributed by atoms with Gasteiger partial charge in [0.1, 0.15) is 17.2 Å². The zero-order valence-electron chi connectivity index (χ0n) is 21.8. The van der Waals surface area contributed by atoms with Crippen LogP contribution in [0.25, 0.3) is 11.1 Å². The number of nitrogens with zero attached hydrogens (tertiary/aromatic N) is 3. The van der Waals surface area contributed by atoms with E-state index in [0.29, 0.717) is 22.9 Å². The summed E-state index contributed by atoms with van der Waals surface area (Å²) in [5.41, 5.74) is 5.01. The van der Waals surface area contributed by atoms with Crippen molar-refractivity contribution in [3.8, 4) is 28.4 Å². The van der Waals surface area contributed by atoms with E-state index in [1.807, 2.05) is 42.5 Å². The first-order chi connectivity index (χ1) is 18.0. The molecule has 1 saturated heterocycles. The van der Waals surface area contributed by atoms with Crippen molar-refractivity contribution >= 4 is 5.69 Å². The Morgan fingerprint density at radius 1 is 0.811 bits per heavy atom. The van der Waals surface area contributed by atoms with E-state index in [-0.39, 0.29) is 11.5 Å². The number of phenolic OH excluding ortho intramolecular Hbond substituents is 3. The number of phenols is 3. The molecular weight excluding hydrogens is 462 g/mol. The van der Waals surface area contributed by atoms with E-state index in [1.54, 1.807) is 12.1 Å². The number of aryl methyl sites for hydroxylation is 1. The maximum absolute atomic E-state index is 10.7. The summed E-state index contributed by atoms with van der Waals surface area (Å²) in [6.07, 6.45) is 4.45. The molecule has 3 aromatic rings. The van der Waals surface area contributed by atoms with Gasteiger partial charge < -0.3 is 20.2 Å². The third-order valence-electron chi connectivity index (χ3n) is 8.04. The molecule has 0 aromatic heterocycles. The second-order valence-corrected chi connectivity index (χ2v) is 10.4. The number of aromatic hydroxyl groups is 3. The van der Waals surface area contributed by atoms with Crippen molar-refractivity contribution in [2.45, 2.75) is 38.6 Å². The molecule has 1 heterocycles. The third-order valence-corrected chi connectivity index (χ3v) is 8.04. The number of benzene rings is 3. The molecule has 0 amide bonds. The predicted molar refractivity (Wildman–Crippen MR) is 150 cm³/mol. The van der Waals surface area contributed by atoms with Crippen LogP contribution in [0.1, 0.15) is 30.9 Å². The number of piperazine rings is 1. The van der Waals surface area contributed by atoms with Gasteiger partial charge >= 0.3 is 0 Å². The maximum Gasteiger partial charge on any atom is 0.125 e. The van der Waals surface area contributed by atoms with Gasteiger partial charge in [-0.1, -0.05) is 31.2 Å². The molecule has 1 aliphatic heterocycles. The number of hydrogen-bond donors (Lipinski definition) is 3. The molecule has 2 aliphatic rings. The summed E-state index contributed by atoms with van der Waals surface area (Å²) >= 11 is 0. The van der Waals surface area contributed by atoms with E-state index in [1.165, 1.54) is 17.5 Å². The highest BCUT2D eigenvalue weighted by Gasteiger charge is 2.25. The lowest BCUT2D eigenvalue weighted by Crippen LogP contribution is -2.50. The minimum atomic E-state index is 0.173. The second-order valence-electron chi connectivity index (χ2n) is 10.4. The van der Waals surface area contributed by atoms with Crippen molar-refractivity contribution in [2.75, 3.05) is 50.7 Å². The van der Waals surface area contributed by atoms with Gasteiger partial charge in [-0.05, 0) is 73.7 Å². The minimum absolute atomic E-state index is 0.173. The Morgan fingerprint density at radius 2 is 1.59 bits per heavy atom. The molecule has 1 aliphatic carbocycles. The van der Waals surface area contributed by atoms with Gasteiger partial charge in [-0.15, -0.1) is 0 Å². The predicted octanol–water partition coefficient (Wildman–Crippen LogP) is 4.86. The molecular formula is C31H39N3O3. The highest BCUT2D eigenvalue weighted by atomic mass is 16.3. The maximum atomic E-state index is 10.7. The van der Waals surface area contributed by atoms with E-state index in [9.17, 15) is 15.3 Å². The Morgan fingerprint density at radius 3 is 2.35 bits per heavy atom. The van der Waals surface area contributed by atoms with Crippen molar-refractivity contribution in [3.63, 3.8) is 0 Å². The van der Waals surface area contributed by atoms with Crippen LogP contribution in [-0.4, -0.2) is 77.0 Å². The van der Waals surface area contributed by atoms with Gasteiger partial charge in [0.15, 0.2) is 0 Å². The fraction of sp³-hybridized carbons (Fsp3) is 0.419. The van der Waals surface area contributed by atoms with E-state index < -0.39 is 0 Å². The van der Waals surface area contributed by atoms with Gasteiger partial charge in [0.05, 0.1) is 0 Å². The van der Waals surface area contributed by atoms with Crippen molar-refractivity contribution in [2.24, 2.45) is 0 Å². The van der Waals surface area contributed by atoms with Crippen LogP contribution in [0, 0.1) is 0 Å². The lowest BCUT2D eigenvalue weighted by Gasteiger charge is -2.39. The Kier molecular flexibility index (Phi) is 7.87. The van der Waals surface area contributed by atoms with Gasteiger partial charge in [0.25, 0.3) is 0 Å². The fourth-order valence-electron chi connectivity index (χ4n) is 5.95. The quantitative estimate of drug-likeness (QED) is 0.410. The van der Waals surface area contributed by atoms with Gasteiger partial charge in [-0.25, -0.2) is 0 Å². The van der Waals surface area contributed by atoms with Crippen molar-refractivity contribution in [3.05, 3.63) is 71.8 Å². The van der Waals surface area contributed by atoms with E-state index in [2.05, 4.69) is 27.7 Å². The summed E-state index contributed by atoms with van der Waals surface area (Å²) in [5.74, 6) is 0.742. The van der Waals surface area contributed by atoms with Gasteiger partial charge in [0, 0.05) is 68.2 Å². The number of fused-ring (bicyclic) bond motifs is 1. The van der Waals surface area contributed by atoms with Gasteiger partial charge in [0.2, 0.25) is 0 Å². The van der Waals surface area contributed by atoms with Crippen molar-refractivity contribution in [1.29, 1.82) is 0 Å². The SMILES string of the molecule is CCCN(CCN1CCN(c2ccc(-c3ccccc3O)c(O)c2)CC1)C1CCc2ccc(O)cc2C1. The van der Waals surface area contributed by atoms with Crippen LogP contribution >= 0.6 is 0 Å². The molecule has 0 bridgehead atoms. The molecule has 1 unspecified atom stereocenters. The van der Waals surface area contributed by atoms with E-state index in [0.717, 1.165) is 70.8 Å². The van der Waals surface area contributed by atoms with Crippen LogP contribution in [0.15, 0.2) is 60.7 Å². The van der Waals surface area contributed by atoms with Crippen LogP contribution in [0.2, 0.25) is 0 Å². The van der Waals surface area contributed by atoms with Crippen LogP contribution in [0.4, 0.5) is 5.69 Å². The first kappa shape index (κ1) is 25.4. The standard InChI is InChI=1S/C31H39N3O3/c1-2-13-33(25-9-7-23-8-11-27(35)21-24(23)20-25)17-14-32-15-18-34(19-16-32)26-10-12-29(31(37)22-26)28-5-3-4-6-30(28)36/h3-6,8,10-12,21-22,25,35-37H,2,7,9,13-20H2,1H3. The molecule has 6 nitrogen and oxygen atoms in total. The van der Waals surface area contributed by atoms with Crippen molar-refractivity contribution in [1.82, 2.24) is 9.80 Å². The number of rotatable bonds is 8. The highest BCUT2D eigenvalue weighted by molar-refractivity contribution is 5.77. The summed E-state index contributed by atoms with van der Waals surface area (Å²) < 4.78 is 0. The molecule has 6 heteroatoms. The summed E-state index contributed by atoms with van der Waals surface area (Å²) in [5, 5.41) is 30.8. The van der Waals surface area contributed by atoms with E-state index >= 15 is 0 Å². The number of hydrogen-bond acceptors (Lipinski definition) is 6. The molecule has 0 saturated carbocycles. The molecule has 0 radical (unpaired) electrons. The van der Waals surface area contributed by atoms with Crippen LogP contribution in [0.3, 0.4) is 0 Å². The molecule has 3 aromatic carbocycles.